The van der Waals surface area contributed by atoms with Crippen LogP contribution in [0.4, 0.5) is 0 Å². The fourth-order valence-corrected chi connectivity index (χ4v) is 2.84. The van der Waals surface area contributed by atoms with Gasteiger partial charge >= 0.3 is 0 Å². The van der Waals surface area contributed by atoms with Crippen LogP contribution in [-0.4, -0.2) is 36.9 Å². The number of rotatable bonds is 4. The van der Waals surface area contributed by atoms with E-state index in [1.807, 2.05) is 55.5 Å². The molecule has 0 atom stereocenters. The van der Waals surface area contributed by atoms with E-state index in [1.54, 1.807) is 0 Å². The third-order valence-corrected chi connectivity index (χ3v) is 3.96. The standard InChI is InChI=1S/C18H14N6O/c1-11-19-16(10-25)17(20-11)13-8-6-12(7-9-13)14-4-2-3-5-15(14)18-21-23-24-22-18/h2-10H,1H3,(H,19,20)(H,21,22,23,24). The predicted molar refractivity (Wildman–Crippen MR) is 92.8 cm³/mol. The first-order chi connectivity index (χ1) is 12.3. The van der Waals surface area contributed by atoms with Crippen molar-refractivity contribution in [1.29, 1.82) is 0 Å². The molecule has 25 heavy (non-hydrogen) atoms. The number of carbonyl (C=O) groups excluding carboxylic acids is 1. The van der Waals surface area contributed by atoms with E-state index in [1.165, 1.54) is 0 Å². The van der Waals surface area contributed by atoms with Crippen LogP contribution in [0.1, 0.15) is 16.3 Å². The fraction of sp³-hybridized carbons (Fsp3) is 0.0556. The van der Waals surface area contributed by atoms with Gasteiger partial charge in [-0.3, -0.25) is 4.79 Å². The maximum Gasteiger partial charge on any atom is 0.180 e. The van der Waals surface area contributed by atoms with Crippen molar-refractivity contribution < 1.29 is 4.79 Å². The summed E-state index contributed by atoms with van der Waals surface area (Å²) in [5.41, 5.74) is 4.99. The lowest BCUT2D eigenvalue weighted by atomic mass is 9.97. The quantitative estimate of drug-likeness (QED) is 0.560. The van der Waals surface area contributed by atoms with Gasteiger partial charge in [0.1, 0.15) is 11.5 Å². The molecule has 0 aliphatic rings. The fourth-order valence-electron chi connectivity index (χ4n) is 2.84. The molecule has 0 saturated carbocycles. The van der Waals surface area contributed by atoms with Gasteiger partial charge in [0.15, 0.2) is 12.1 Å². The smallest absolute Gasteiger partial charge is 0.180 e. The SMILES string of the molecule is Cc1nc(-c2ccc(-c3ccccc3-c3nnn[nH]3)cc2)c(C=O)[nH]1. The lowest BCUT2D eigenvalue weighted by Gasteiger charge is -2.08. The highest BCUT2D eigenvalue weighted by Crippen LogP contribution is 2.31. The summed E-state index contributed by atoms with van der Waals surface area (Å²) in [7, 11) is 0. The van der Waals surface area contributed by atoms with Gasteiger partial charge in [0, 0.05) is 11.1 Å². The topological polar surface area (TPSA) is 100 Å². The van der Waals surface area contributed by atoms with Crippen molar-refractivity contribution in [3.8, 4) is 33.8 Å². The zero-order valence-electron chi connectivity index (χ0n) is 13.4. The summed E-state index contributed by atoms with van der Waals surface area (Å²) in [5.74, 6) is 1.33. The zero-order chi connectivity index (χ0) is 17.2. The zero-order valence-corrected chi connectivity index (χ0v) is 13.4. The van der Waals surface area contributed by atoms with Gasteiger partial charge in [0.25, 0.3) is 0 Å². The molecule has 7 heteroatoms. The van der Waals surface area contributed by atoms with E-state index in [-0.39, 0.29) is 0 Å². The second-order valence-corrected chi connectivity index (χ2v) is 5.58. The third-order valence-electron chi connectivity index (χ3n) is 3.96. The number of aromatic nitrogens is 6. The summed E-state index contributed by atoms with van der Waals surface area (Å²) >= 11 is 0. The predicted octanol–water partition coefficient (Wildman–Crippen LogP) is 3.04. The molecule has 0 radical (unpaired) electrons. The molecule has 0 amide bonds. The molecule has 0 spiro atoms. The summed E-state index contributed by atoms with van der Waals surface area (Å²) in [4.78, 5) is 18.5. The highest BCUT2D eigenvalue weighted by atomic mass is 16.1. The average Bonchev–Trinajstić information content (AvgIpc) is 3.31. The van der Waals surface area contributed by atoms with Crippen LogP contribution < -0.4 is 0 Å². The van der Waals surface area contributed by atoms with Gasteiger partial charge in [0.05, 0.1) is 5.69 Å². The van der Waals surface area contributed by atoms with Crippen LogP contribution in [0.15, 0.2) is 48.5 Å². The number of benzene rings is 2. The molecule has 4 rings (SSSR count). The van der Waals surface area contributed by atoms with Crippen molar-refractivity contribution in [2.24, 2.45) is 0 Å². The number of carbonyl (C=O) groups is 1. The highest BCUT2D eigenvalue weighted by Gasteiger charge is 2.12. The Bertz CT molecular complexity index is 1020. The largest absolute Gasteiger partial charge is 0.340 e. The van der Waals surface area contributed by atoms with Gasteiger partial charge in [-0.1, -0.05) is 48.5 Å². The molecule has 122 valence electrons. The van der Waals surface area contributed by atoms with Gasteiger partial charge in [-0.25, -0.2) is 10.1 Å². The van der Waals surface area contributed by atoms with Crippen molar-refractivity contribution in [2.75, 3.05) is 0 Å². The molecule has 2 aromatic heterocycles. The number of aldehydes is 1. The average molecular weight is 330 g/mol. The van der Waals surface area contributed by atoms with E-state index in [2.05, 4.69) is 30.6 Å². The van der Waals surface area contributed by atoms with E-state index >= 15 is 0 Å². The minimum Gasteiger partial charge on any atom is -0.340 e. The number of nitrogens with zero attached hydrogens (tertiary/aromatic N) is 4. The molecular formula is C18H14N6O. The number of aromatic amines is 2. The van der Waals surface area contributed by atoms with Crippen molar-refractivity contribution >= 4 is 6.29 Å². The molecule has 0 aliphatic carbocycles. The molecule has 0 unspecified atom stereocenters. The van der Waals surface area contributed by atoms with Crippen molar-refractivity contribution in [1.82, 2.24) is 30.6 Å². The maximum atomic E-state index is 11.2. The van der Waals surface area contributed by atoms with Crippen LogP contribution in [0.2, 0.25) is 0 Å². The Kier molecular flexibility index (Phi) is 3.66. The normalized spacial score (nSPS) is 10.8. The molecule has 0 aliphatic heterocycles. The minimum atomic E-state index is 0.485. The molecular weight excluding hydrogens is 316 g/mol. The van der Waals surface area contributed by atoms with Crippen LogP contribution in [0, 0.1) is 6.92 Å². The Morgan fingerprint density at radius 3 is 2.36 bits per heavy atom. The van der Waals surface area contributed by atoms with Gasteiger partial charge in [-0.05, 0) is 28.5 Å². The molecule has 4 aromatic rings. The highest BCUT2D eigenvalue weighted by molar-refractivity contribution is 5.85. The number of hydrogen-bond donors (Lipinski definition) is 2. The number of tetrazole rings is 1. The first-order valence-corrected chi connectivity index (χ1v) is 7.72. The summed E-state index contributed by atoms with van der Waals surface area (Å²) < 4.78 is 0. The maximum absolute atomic E-state index is 11.2. The number of imidazole rings is 1. The van der Waals surface area contributed by atoms with Gasteiger partial charge in [-0.2, -0.15) is 0 Å². The third kappa shape index (κ3) is 2.72. The van der Waals surface area contributed by atoms with E-state index in [4.69, 9.17) is 0 Å². The lowest BCUT2D eigenvalue weighted by Crippen LogP contribution is -1.89. The Hall–Kier alpha value is -3.61. The van der Waals surface area contributed by atoms with Crippen LogP contribution in [-0.2, 0) is 0 Å². The first-order valence-electron chi connectivity index (χ1n) is 7.72. The number of aryl methyl sites for hydroxylation is 1. The first kappa shape index (κ1) is 14.9. The van der Waals surface area contributed by atoms with Gasteiger partial charge in [0.2, 0.25) is 0 Å². The van der Waals surface area contributed by atoms with E-state index in [9.17, 15) is 4.79 Å². The molecule has 2 heterocycles. The summed E-state index contributed by atoms with van der Waals surface area (Å²) in [6.45, 7) is 1.83. The van der Waals surface area contributed by atoms with E-state index in [0.29, 0.717) is 23.0 Å². The van der Waals surface area contributed by atoms with Crippen molar-refractivity contribution in [3.05, 3.63) is 60.0 Å². The Morgan fingerprint density at radius 1 is 0.960 bits per heavy atom. The molecule has 2 aromatic carbocycles. The van der Waals surface area contributed by atoms with Gasteiger partial charge < -0.3 is 4.98 Å². The van der Waals surface area contributed by atoms with Crippen LogP contribution in [0.25, 0.3) is 33.8 Å². The second kappa shape index (κ2) is 6.12. The van der Waals surface area contributed by atoms with E-state index < -0.39 is 0 Å². The molecule has 0 saturated heterocycles. The molecule has 2 N–H and O–H groups in total. The second-order valence-electron chi connectivity index (χ2n) is 5.58. The Labute approximate surface area is 143 Å². The summed E-state index contributed by atoms with van der Waals surface area (Å²) in [5, 5.41) is 14.1. The van der Waals surface area contributed by atoms with Crippen molar-refractivity contribution in [2.45, 2.75) is 6.92 Å². The number of H-pyrrole nitrogens is 2. The Morgan fingerprint density at radius 2 is 1.68 bits per heavy atom. The monoisotopic (exact) mass is 330 g/mol. The van der Waals surface area contributed by atoms with Crippen LogP contribution >= 0.6 is 0 Å². The molecule has 0 fully saturated rings. The van der Waals surface area contributed by atoms with Crippen LogP contribution in [0.3, 0.4) is 0 Å². The van der Waals surface area contributed by atoms with E-state index in [0.717, 1.165) is 28.5 Å². The molecule has 0 bridgehead atoms. The number of hydrogen-bond acceptors (Lipinski definition) is 5. The molecule has 7 nitrogen and oxygen atoms in total. The Balaban J connectivity index is 1.76. The summed E-state index contributed by atoms with van der Waals surface area (Å²) in [6, 6.07) is 15.8. The lowest BCUT2D eigenvalue weighted by molar-refractivity contribution is 0.112. The van der Waals surface area contributed by atoms with Crippen molar-refractivity contribution in [3.63, 3.8) is 0 Å². The van der Waals surface area contributed by atoms with Crippen LogP contribution in [0.5, 0.6) is 0 Å². The minimum absolute atomic E-state index is 0.485. The summed E-state index contributed by atoms with van der Waals surface area (Å²) in [6.07, 6.45) is 0.787. The number of nitrogens with one attached hydrogen (secondary N) is 2. The van der Waals surface area contributed by atoms with Gasteiger partial charge in [-0.15, -0.1) is 5.10 Å².